The van der Waals surface area contributed by atoms with Gasteiger partial charge in [0.25, 0.3) is 0 Å². The molecule has 0 saturated carbocycles. The summed E-state index contributed by atoms with van der Waals surface area (Å²) in [4.78, 5) is 0. The van der Waals surface area contributed by atoms with Gasteiger partial charge >= 0.3 is 0 Å². The van der Waals surface area contributed by atoms with Crippen LogP contribution in [0.4, 0.5) is 5.69 Å². The largest absolute Gasteiger partial charge is 0.398 e. The lowest BCUT2D eigenvalue weighted by Gasteiger charge is -2.05. The highest BCUT2D eigenvalue weighted by Gasteiger charge is 2.09. The van der Waals surface area contributed by atoms with Gasteiger partial charge in [-0.3, -0.25) is 0 Å². The van der Waals surface area contributed by atoms with Gasteiger partial charge in [-0.05, 0) is 11.6 Å². The van der Waals surface area contributed by atoms with E-state index in [1.165, 1.54) is 0 Å². The molecule has 0 atom stereocenters. The van der Waals surface area contributed by atoms with Gasteiger partial charge < -0.3 is 5.73 Å². The Morgan fingerprint density at radius 1 is 1.16 bits per heavy atom. The van der Waals surface area contributed by atoms with E-state index >= 15 is 0 Å². The number of pyridine rings is 1. The summed E-state index contributed by atoms with van der Waals surface area (Å²) >= 11 is 0. The number of nitrogen functional groups attached to an aromatic ring is 1. The Morgan fingerprint density at radius 3 is 2.47 bits per heavy atom. The number of hydrogen-bond donors (Lipinski definition) is 1. The van der Waals surface area contributed by atoms with Crippen LogP contribution in [0.5, 0.6) is 0 Å². The average molecular weight is 254 g/mol. The Labute approximate surface area is 114 Å². The van der Waals surface area contributed by atoms with E-state index in [0.29, 0.717) is 12.0 Å². The minimum absolute atomic E-state index is 0.685. The van der Waals surface area contributed by atoms with Crippen LogP contribution in [0.3, 0.4) is 0 Å². The molecule has 0 bridgehead atoms. The van der Waals surface area contributed by atoms with Gasteiger partial charge in [0.05, 0.1) is 11.6 Å². The molecule has 0 aliphatic carbocycles. The third-order valence-electron chi connectivity index (χ3n) is 2.74. The number of hydrogen-bond acceptors (Lipinski definition) is 2. The molecule has 0 unspecified atom stereocenters. The molecule has 0 radical (unpaired) electrons. The highest BCUT2D eigenvalue weighted by Crippen LogP contribution is 2.17. The lowest BCUT2D eigenvalue weighted by atomic mass is 10.0. The van der Waals surface area contributed by atoms with Gasteiger partial charge in [-0.15, -0.1) is 0 Å². The van der Waals surface area contributed by atoms with Crippen LogP contribution in [0.2, 0.25) is 0 Å². The zero-order valence-electron chi connectivity index (χ0n) is 11.7. The maximum atomic E-state index is 9.07. The van der Waals surface area contributed by atoms with Crippen molar-refractivity contribution < 1.29 is 4.57 Å². The zero-order chi connectivity index (χ0) is 14.3. The maximum Gasteiger partial charge on any atom is 0.173 e. The predicted octanol–water partition coefficient (Wildman–Crippen LogP) is 2.58. The second kappa shape index (κ2) is 7.17. The topological polar surface area (TPSA) is 53.7 Å². The number of nitriles is 1. The second-order valence-corrected chi connectivity index (χ2v) is 4.04. The molecule has 2 aromatic rings. The number of aryl methyl sites for hydroxylation is 1. The van der Waals surface area contributed by atoms with E-state index in [0.717, 1.165) is 16.8 Å². The molecule has 0 aliphatic heterocycles. The first-order valence-electron chi connectivity index (χ1n) is 6.42. The maximum absolute atomic E-state index is 9.07. The SMILES string of the molecule is CC.C[n+]1ccc(C#N)c(Cc2ccccc2N)c1. The van der Waals surface area contributed by atoms with Gasteiger partial charge in [0, 0.05) is 23.7 Å². The van der Waals surface area contributed by atoms with E-state index in [1.807, 2.05) is 68.2 Å². The predicted molar refractivity (Wildman–Crippen MR) is 77.3 cm³/mol. The first-order chi connectivity index (χ1) is 9.20. The second-order valence-electron chi connectivity index (χ2n) is 4.04. The standard InChI is InChI=1S/C14H14N3.C2H6/c1-17-7-6-12(9-15)13(10-17)8-11-4-2-3-5-14(11)16;1-2/h2-7,10H,8,16H2,1H3;1-2H3/q+1;. The number of benzene rings is 1. The van der Waals surface area contributed by atoms with E-state index in [-0.39, 0.29) is 0 Å². The Bertz CT molecular complexity index is 583. The van der Waals surface area contributed by atoms with Crippen LogP contribution < -0.4 is 10.3 Å². The molecule has 0 saturated heterocycles. The van der Waals surface area contributed by atoms with E-state index < -0.39 is 0 Å². The third kappa shape index (κ3) is 3.82. The van der Waals surface area contributed by atoms with Crippen molar-refractivity contribution in [2.75, 3.05) is 5.73 Å². The van der Waals surface area contributed by atoms with E-state index in [4.69, 9.17) is 11.0 Å². The Hall–Kier alpha value is -2.34. The fourth-order valence-electron chi connectivity index (χ4n) is 1.81. The van der Waals surface area contributed by atoms with Gasteiger partial charge in [0.1, 0.15) is 7.05 Å². The highest BCUT2D eigenvalue weighted by atomic mass is 14.9. The van der Waals surface area contributed by atoms with Crippen molar-refractivity contribution in [1.82, 2.24) is 0 Å². The molecule has 1 aromatic heterocycles. The van der Waals surface area contributed by atoms with Gasteiger partial charge in [-0.1, -0.05) is 32.0 Å². The molecule has 0 amide bonds. The molecule has 0 aliphatic rings. The highest BCUT2D eigenvalue weighted by molar-refractivity contribution is 5.49. The molecule has 1 heterocycles. The quantitative estimate of drug-likeness (QED) is 0.661. The molecule has 0 fully saturated rings. The van der Waals surface area contributed by atoms with Crippen LogP contribution in [0, 0.1) is 11.3 Å². The van der Waals surface area contributed by atoms with Crippen molar-refractivity contribution in [3.63, 3.8) is 0 Å². The smallest absolute Gasteiger partial charge is 0.173 e. The molecule has 98 valence electrons. The fraction of sp³-hybridized carbons (Fsp3) is 0.250. The lowest BCUT2D eigenvalue weighted by molar-refractivity contribution is -0.671. The van der Waals surface area contributed by atoms with Crippen molar-refractivity contribution in [3.05, 3.63) is 59.4 Å². The molecule has 2 rings (SSSR count). The molecular formula is C16H20N3+. The van der Waals surface area contributed by atoms with E-state index in [9.17, 15) is 0 Å². The summed E-state index contributed by atoms with van der Waals surface area (Å²) in [7, 11) is 1.94. The summed E-state index contributed by atoms with van der Waals surface area (Å²) in [5, 5.41) is 9.07. The Morgan fingerprint density at radius 2 is 1.84 bits per heavy atom. The first-order valence-corrected chi connectivity index (χ1v) is 6.42. The van der Waals surface area contributed by atoms with Crippen LogP contribution in [0.1, 0.15) is 30.5 Å². The van der Waals surface area contributed by atoms with Gasteiger partial charge in [-0.2, -0.15) is 5.26 Å². The van der Waals surface area contributed by atoms with Gasteiger partial charge in [-0.25, -0.2) is 4.57 Å². The molecule has 19 heavy (non-hydrogen) atoms. The minimum Gasteiger partial charge on any atom is -0.398 e. The molecule has 0 spiro atoms. The van der Waals surface area contributed by atoms with Crippen molar-refractivity contribution in [2.45, 2.75) is 20.3 Å². The molecule has 3 nitrogen and oxygen atoms in total. The zero-order valence-corrected chi connectivity index (χ0v) is 11.7. The van der Waals surface area contributed by atoms with Crippen molar-refractivity contribution in [3.8, 4) is 6.07 Å². The molecule has 2 N–H and O–H groups in total. The number of anilines is 1. The number of aromatic nitrogens is 1. The normalized spacial score (nSPS) is 9.16. The summed E-state index contributed by atoms with van der Waals surface area (Å²) in [5.41, 5.74) is 9.42. The van der Waals surface area contributed by atoms with Crippen LogP contribution in [-0.2, 0) is 13.5 Å². The number of rotatable bonds is 2. The lowest BCUT2D eigenvalue weighted by Crippen LogP contribution is -2.27. The number of nitrogens with two attached hydrogens (primary N) is 1. The summed E-state index contributed by atoms with van der Waals surface area (Å²) in [6.07, 6.45) is 4.52. The van der Waals surface area contributed by atoms with Crippen LogP contribution in [0.15, 0.2) is 42.7 Å². The fourth-order valence-corrected chi connectivity index (χ4v) is 1.81. The van der Waals surface area contributed by atoms with Crippen molar-refractivity contribution >= 4 is 5.69 Å². The summed E-state index contributed by atoms with van der Waals surface area (Å²) in [5.74, 6) is 0. The first kappa shape index (κ1) is 14.7. The summed E-state index contributed by atoms with van der Waals surface area (Å²) in [6, 6.07) is 11.8. The van der Waals surface area contributed by atoms with Crippen LogP contribution >= 0.6 is 0 Å². The van der Waals surface area contributed by atoms with Gasteiger partial charge in [0.15, 0.2) is 12.4 Å². The molecular weight excluding hydrogens is 234 g/mol. The van der Waals surface area contributed by atoms with Crippen LogP contribution in [-0.4, -0.2) is 0 Å². The number of para-hydroxylation sites is 1. The number of nitrogens with zero attached hydrogens (tertiary/aromatic N) is 2. The van der Waals surface area contributed by atoms with E-state index in [2.05, 4.69) is 6.07 Å². The van der Waals surface area contributed by atoms with Crippen LogP contribution in [0.25, 0.3) is 0 Å². The minimum atomic E-state index is 0.685. The summed E-state index contributed by atoms with van der Waals surface area (Å²) < 4.78 is 1.94. The van der Waals surface area contributed by atoms with Crippen molar-refractivity contribution in [1.29, 1.82) is 5.26 Å². The monoisotopic (exact) mass is 254 g/mol. The average Bonchev–Trinajstić information content (AvgIpc) is 2.44. The Balaban J connectivity index is 0.000000861. The van der Waals surface area contributed by atoms with Crippen molar-refractivity contribution in [2.24, 2.45) is 7.05 Å². The summed E-state index contributed by atoms with van der Waals surface area (Å²) in [6.45, 7) is 4.00. The van der Waals surface area contributed by atoms with E-state index in [1.54, 1.807) is 0 Å². The molecule has 3 heteroatoms. The Kier molecular flexibility index (Phi) is 5.56. The van der Waals surface area contributed by atoms with Gasteiger partial charge in [0.2, 0.25) is 0 Å². The third-order valence-corrected chi connectivity index (χ3v) is 2.74. The molecule has 1 aromatic carbocycles.